The number of aromatic nitrogens is 1. The van der Waals surface area contributed by atoms with Gasteiger partial charge in [-0.1, -0.05) is 32.0 Å². The first kappa shape index (κ1) is 21.0. The lowest BCUT2D eigenvalue weighted by atomic mass is 9.68. The Morgan fingerprint density at radius 1 is 1.13 bits per heavy atom. The fourth-order valence-corrected chi connectivity index (χ4v) is 4.52. The molecule has 4 rings (SSSR count). The summed E-state index contributed by atoms with van der Waals surface area (Å²) in [5.74, 6) is -0.802. The molecule has 0 saturated carbocycles. The first-order chi connectivity index (χ1) is 14.6. The van der Waals surface area contributed by atoms with Crippen molar-refractivity contribution in [3.63, 3.8) is 0 Å². The Balaban J connectivity index is 1.80. The van der Waals surface area contributed by atoms with Gasteiger partial charge >= 0.3 is 0 Å². The summed E-state index contributed by atoms with van der Waals surface area (Å²) in [5.41, 5.74) is 3.91. The van der Waals surface area contributed by atoms with Crippen molar-refractivity contribution in [3.8, 4) is 0 Å². The predicted molar refractivity (Wildman–Crippen MR) is 118 cm³/mol. The van der Waals surface area contributed by atoms with E-state index in [0.717, 1.165) is 11.4 Å². The van der Waals surface area contributed by atoms with E-state index in [1.54, 1.807) is 18.2 Å². The number of carbonyl (C=O) groups is 2. The van der Waals surface area contributed by atoms with Gasteiger partial charge in [-0.15, -0.1) is 0 Å². The molecule has 2 aromatic rings. The minimum Gasteiger partial charge on any atom is -0.362 e. The van der Waals surface area contributed by atoms with Crippen molar-refractivity contribution in [1.82, 2.24) is 10.3 Å². The number of benzene rings is 1. The van der Waals surface area contributed by atoms with Gasteiger partial charge in [0.15, 0.2) is 5.78 Å². The second-order valence-corrected chi connectivity index (χ2v) is 9.10. The predicted octanol–water partition coefficient (Wildman–Crippen LogP) is 4.77. The number of nitrogens with zero attached hydrogens (tertiary/aromatic N) is 1. The highest BCUT2D eigenvalue weighted by atomic mass is 19.1. The summed E-state index contributed by atoms with van der Waals surface area (Å²) in [4.78, 5) is 31.0. The molecule has 1 aromatic heterocycles. The maximum Gasteiger partial charge on any atom is 0.255 e. The Bertz CT molecular complexity index is 1130. The van der Waals surface area contributed by atoms with Crippen molar-refractivity contribution in [1.29, 1.82) is 0 Å². The van der Waals surface area contributed by atoms with Gasteiger partial charge < -0.3 is 10.6 Å². The zero-order chi connectivity index (χ0) is 22.3. The number of halogens is 1. The average molecular weight is 420 g/mol. The van der Waals surface area contributed by atoms with Gasteiger partial charge in [0.05, 0.1) is 0 Å². The second kappa shape index (κ2) is 7.76. The highest BCUT2D eigenvalue weighted by Gasteiger charge is 2.42. The Hall–Kier alpha value is -3.28. The number of rotatable bonds is 3. The SMILES string of the molecule is CC1=C(C(=O)Nc2cccc(C)n2)C(c2ccc(F)cc2)C2=C(CC(C)(C)CC2=O)N1. The molecule has 1 aromatic carbocycles. The number of hydrogen-bond acceptors (Lipinski definition) is 4. The van der Waals surface area contributed by atoms with Crippen LogP contribution in [-0.2, 0) is 9.59 Å². The van der Waals surface area contributed by atoms with Crippen LogP contribution >= 0.6 is 0 Å². The molecule has 5 nitrogen and oxygen atoms in total. The molecule has 0 bridgehead atoms. The van der Waals surface area contributed by atoms with E-state index < -0.39 is 5.92 Å². The lowest BCUT2D eigenvalue weighted by Crippen LogP contribution is -2.39. The molecule has 1 amide bonds. The number of anilines is 1. The van der Waals surface area contributed by atoms with Crippen molar-refractivity contribution in [2.75, 3.05) is 5.32 Å². The highest BCUT2D eigenvalue weighted by molar-refractivity contribution is 6.09. The average Bonchev–Trinajstić information content (AvgIpc) is 2.66. The summed E-state index contributed by atoms with van der Waals surface area (Å²) in [6.07, 6.45) is 1.11. The third-order valence-corrected chi connectivity index (χ3v) is 5.82. The first-order valence-electron chi connectivity index (χ1n) is 10.4. The smallest absolute Gasteiger partial charge is 0.255 e. The number of Topliss-reactive ketones (excluding diaryl/α,β-unsaturated/α-hetero) is 1. The summed E-state index contributed by atoms with van der Waals surface area (Å²) >= 11 is 0. The van der Waals surface area contributed by atoms with E-state index in [1.165, 1.54) is 12.1 Å². The van der Waals surface area contributed by atoms with Crippen LogP contribution in [0.2, 0.25) is 0 Å². The Kier molecular flexibility index (Phi) is 5.25. The maximum absolute atomic E-state index is 13.6. The van der Waals surface area contributed by atoms with Crippen LogP contribution in [0, 0.1) is 18.2 Å². The molecular formula is C25H26FN3O2. The number of hydrogen-bond donors (Lipinski definition) is 2. The van der Waals surface area contributed by atoms with Gasteiger partial charge in [0.2, 0.25) is 0 Å². The fraction of sp³-hybridized carbons (Fsp3) is 0.320. The van der Waals surface area contributed by atoms with E-state index >= 15 is 0 Å². The molecule has 6 heteroatoms. The second-order valence-electron chi connectivity index (χ2n) is 9.10. The third-order valence-electron chi connectivity index (χ3n) is 5.82. The molecule has 31 heavy (non-hydrogen) atoms. The lowest BCUT2D eigenvalue weighted by molar-refractivity contribution is -0.118. The van der Waals surface area contributed by atoms with Crippen molar-refractivity contribution in [2.45, 2.75) is 46.5 Å². The van der Waals surface area contributed by atoms with Crippen LogP contribution in [0.1, 0.15) is 50.8 Å². The van der Waals surface area contributed by atoms with E-state index in [1.807, 2.05) is 26.0 Å². The molecule has 1 unspecified atom stereocenters. The molecule has 160 valence electrons. The molecule has 0 spiro atoms. The number of amides is 1. The van der Waals surface area contributed by atoms with Gasteiger partial charge in [-0.2, -0.15) is 0 Å². The van der Waals surface area contributed by atoms with Crippen LogP contribution in [0.15, 0.2) is 65.0 Å². The van der Waals surface area contributed by atoms with E-state index in [2.05, 4.69) is 29.5 Å². The third kappa shape index (κ3) is 4.15. The Morgan fingerprint density at radius 3 is 2.52 bits per heavy atom. The number of aryl methyl sites for hydroxylation is 1. The largest absolute Gasteiger partial charge is 0.362 e. The summed E-state index contributed by atoms with van der Waals surface area (Å²) in [6, 6.07) is 11.4. The standard InChI is InChI=1S/C25H26FN3O2/c1-14-6-5-7-20(27-14)29-24(31)21-15(2)28-18-12-25(3,4)13-19(30)23(18)22(21)16-8-10-17(26)11-9-16/h5-11,22,28H,12-13H2,1-4H3,(H,27,29,31). The molecule has 0 saturated heterocycles. The topological polar surface area (TPSA) is 71.1 Å². The Labute approximate surface area is 181 Å². The van der Waals surface area contributed by atoms with Crippen molar-refractivity contribution in [2.24, 2.45) is 5.41 Å². The minimum absolute atomic E-state index is 0.0135. The van der Waals surface area contributed by atoms with Crippen LogP contribution in [-0.4, -0.2) is 16.7 Å². The van der Waals surface area contributed by atoms with Gasteiger partial charge in [0.25, 0.3) is 5.91 Å². The molecule has 2 heterocycles. The highest BCUT2D eigenvalue weighted by Crippen LogP contribution is 2.46. The zero-order valence-corrected chi connectivity index (χ0v) is 18.2. The lowest BCUT2D eigenvalue weighted by Gasteiger charge is -2.39. The number of allylic oxidation sites excluding steroid dienone is 3. The zero-order valence-electron chi connectivity index (χ0n) is 18.2. The van der Waals surface area contributed by atoms with E-state index in [0.29, 0.717) is 41.1 Å². The maximum atomic E-state index is 13.6. The van der Waals surface area contributed by atoms with Crippen molar-refractivity contribution in [3.05, 3.63) is 82.1 Å². The number of dihydropyridines is 1. The molecule has 2 aliphatic rings. The Morgan fingerprint density at radius 2 is 1.84 bits per heavy atom. The van der Waals surface area contributed by atoms with E-state index in [4.69, 9.17) is 0 Å². The fourth-order valence-electron chi connectivity index (χ4n) is 4.52. The number of carbonyl (C=O) groups excluding carboxylic acids is 2. The van der Waals surface area contributed by atoms with Gasteiger partial charge in [-0.25, -0.2) is 9.37 Å². The molecular weight excluding hydrogens is 393 g/mol. The van der Waals surface area contributed by atoms with Crippen LogP contribution < -0.4 is 10.6 Å². The van der Waals surface area contributed by atoms with Gasteiger partial charge in [-0.05, 0) is 55.5 Å². The molecule has 0 radical (unpaired) electrons. The quantitative estimate of drug-likeness (QED) is 0.752. The van der Waals surface area contributed by atoms with Crippen LogP contribution in [0.4, 0.5) is 10.2 Å². The number of pyridine rings is 1. The molecule has 2 N–H and O–H groups in total. The monoisotopic (exact) mass is 419 g/mol. The van der Waals surface area contributed by atoms with E-state index in [9.17, 15) is 14.0 Å². The van der Waals surface area contributed by atoms with Crippen LogP contribution in [0.25, 0.3) is 0 Å². The van der Waals surface area contributed by atoms with Crippen molar-refractivity contribution < 1.29 is 14.0 Å². The number of ketones is 1. The summed E-state index contributed by atoms with van der Waals surface area (Å²) in [5, 5.41) is 6.19. The summed E-state index contributed by atoms with van der Waals surface area (Å²) in [7, 11) is 0. The molecule has 0 fully saturated rings. The molecule has 1 aliphatic heterocycles. The summed E-state index contributed by atoms with van der Waals surface area (Å²) in [6.45, 7) is 7.82. The van der Waals surface area contributed by atoms with Gasteiger partial charge in [0.1, 0.15) is 11.6 Å². The number of nitrogens with one attached hydrogen (secondary N) is 2. The van der Waals surface area contributed by atoms with Crippen molar-refractivity contribution >= 4 is 17.5 Å². The van der Waals surface area contributed by atoms with E-state index in [-0.39, 0.29) is 22.9 Å². The molecule has 1 atom stereocenters. The molecule has 1 aliphatic carbocycles. The normalized spacial score (nSPS) is 20.3. The van der Waals surface area contributed by atoms with Crippen LogP contribution in [0.5, 0.6) is 0 Å². The minimum atomic E-state index is -0.565. The van der Waals surface area contributed by atoms with Gasteiger partial charge in [-0.3, -0.25) is 9.59 Å². The van der Waals surface area contributed by atoms with Gasteiger partial charge in [0, 0.05) is 40.6 Å². The summed E-state index contributed by atoms with van der Waals surface area (Å²) < 4.78 is 13.6. The first-order valence-corrected chi connectivity index (χ1v) is 10.4. The van der Waals surface area contributed by atoms with Crippen LogP contribution in [0.3, 0.4) is 0 Å².